The molecule has 1 heterocycles. The van der Waals surface area contributed by atoms with Crippen molar-refractivity contribution in [1.82, 2.24) is 0 Å². The first-order valence-corrected chi connectivity index (χ1v) is 7.83. The minimum absolute atomic E-state index is 0.484. The molecule has 1 aliphatic heterocycles. The molecule has 0 radical (unpaired) electrons. The molecule has 1 N–H and O–H groups in total. The van der Waals surface area contributed by atoms with Crippen molar-refractivity contribution in [3.63, 3.8) is 0 Å². The zero-order valence-electron chi connectivity index (χ0n) is 12.1. The quantitative estimate of drug-likeness (QED) is 0.927. The summed E-state index contributed by atoms with van der Waals surface area (Å²) in [5.74, 6) is 0.528. The molecular formula is C16H19ClO4. The third kappa shape index (κ3) is 2.16. The summed E-state index contributed by atoms with van der Waals surface area (Å²) in [7, 11) is 0. The van der Waals surface area contributed by atoms with E-state index in [1.54, 1.807) is 6.07 Å². The fourth-order valence-electron chi connectivity index (χ4n) is 3.30. The topological polar surface area (TPSA) is 55.8 Å². The van der Waals surface area contributed by atoms with Crippen molar-refractivity contribution in [3.05, 3.63) is 22.2 Å². The Balaban J connectivity index is 2.21. The van der Waals surface area contributed by atoms with Crippen LogP contribution >= 0.6 is 11.6 Å². The lowest BCUT2D eigenvalue weighted by Crippen LogP contribution is -2.43. The highest BCUT2D eigenvalue weighted by Gasteiger charge is 2.49. The van der Waals surface area contributed by atoms with E-state index >= 15 is 0 Å². The van der Waals surface area contributed by atoms with Crippen molar-refractivity contribution in [3.8, 4) is 11.5 Å². The maximum Gasteiger partial charge on any atom is 0.314 e. The Hall–Kier alpha value is -1.42. The van der Waals surface area contributed by atoms with Crippen LogP contribution in [0.1, 0.15) is 43.7 Å². The second kappa shape index (κ2) is 5.41. The normalized spacial score (nSPS) is 19.5. The summed E-state index contributed by atoms with van der Waals surface area (Å²) in [4.78, 5) is 11.8. The molecule has 21 heavy (non-hydrogen) atoms. The lowest BCUT2D eigenvalue weighted by Gasteiger charge is -2.40. The van der Waals surface area contributed by atoms with E-state index in [0.29, 0.717) is 49.0 Å². The maximum atomic E-state index is 11.8. The second-order valence-electron chi connectivity index (χ2n) is 5.68. The zero-order chi connectivity index (χ0) is 15.0. The van der Waals surface area contributed by atoms with Crippen LogP contribution in [-0.2, 0) is 16.6 Å². The Bertz CT molecular complexity index is 578. The first kappa shape index (κ1) is 14.5. The third-order valence-corrected chi connectivity index (χ3v) is 4.84. The summed E-state index contributed by atoms with van der Waals surface area (Å²) in [5, 5.41) is 10.2. The molecule has 1 aliphatic carbocycles. The van der Waals surface area contributed by atoms with Crippen molar-refractivity contribution in [2.45, 2.75) is 44.4 Å². The molecule has 1 fully saturated rings. The number of carbonyl (C=O) groups is 1. The number of hydrogen-bond acceptors (Lipinski definition) is 3. The lowest BCUT2D eigenvalue weighted by atomic mass is 9.63. The van der Waals surface area contributed by atoms with E-state index in [1.807, 2.05) is 6.92 Å². The highest BCUT2D eigenvalue weighted by atomic mass is 35.5. The van der Waals surface area contributed by atoms with Gasteiger partial charge >= 0.3 is 5.97 Å². The van der Waals surface area contributed by atoms with Gasteiger partial charge in [-0.05, 0) is 24.8 Å². The molecule has 0 atom stereocenters. The molecular weight excluding hydrogens is 292 g/mol. The molecule has 3 rings (SSSR count). The average Bonchev–Trinajstić information content (AvgIpc) is 2.62. The van der Waals surface area contributed by atoms with Crippen LogP contribution in [0.5, 0.6) is 11.5 Å². The fourth-order valence-corrected chi connectivity index (χ4v) is 3.69. The minimum atomic E-state index is -0.854. The molecule has 0 bridgehead atoms. The molecule has 5 heteroatoms. The van der Waals surface area contributed by atoms with E-state index in [9.17, 15) is 9.90 Å². The number of carboxylic acid groups (broad SMARTS) is 1. The van der Waals surface area contributed by atoms with Crippen molar-refractivity contribution in [1.29, 1.82) is 0 Å². The number of carboxylic acids is 1. The summed E-state index contributed by atoms with van der Waals surface area (Å²) < 4.78 is 11.5. The van der Waals surface area contributed by atoms with Gasteiger partial charge in [-0.3, -0.25) is 4.79 Å². The van der Waals surface area contributed by atoms with E-state index in [2.05, 4.69) is 0 Å². The van der Waals surface area contributed by atoms with Gasteiger partial charge in [-0.25, -0.2) is 0 Å². The van der Waals surface area contributed by atoms with Crippen LogP contribution in [-0.4, -0.2) is 24.3 Å². The van der Waals surface area contributed by atoms with Crippen LogP contribution in [0.3, 0.4) is 0 Å². The predicted molar refractivity (Wildman–Crippen MR) is 79.6 cm³/mol. The highest BCUT2D eigenvalue weighted by molar-refractivity contribution is 6.32. The lowest BCUT2D eigenvalue weighted by molar-refractivity contribution is -0.147. The number of benzene rings is 1. The number of ether oxygens (including phenoxy) is 2. The van der Waals surface area contributed by atoms with Crippen LogP contribution in [0, 0.1) is 0 Å². The number of rotatable bonds is 3. The monoisotopic (exact) mass is 310 g/mol. The van der Waals surface area contributed by atoms with Crippen LogP contribution in [0.2, 0.25) is 5.02 Å². The summed E-state index contributed by atoms with van der Waals surface area (Å²) in [6, 6.07) is 1.72. The predicted octanol–water partition coefficient (Wildman–Crippen LogP) is 3.57. The first-order valence-electron chi connectivity index (χ1n) is 7.45. The Kier molecular flexibility index (Phi) is 3.74. The van der Waals surface area contributed by atoms with Gasteiger partial charge < -0.3 is 14.6 Å². The first-order chi connectivity index (χ1) is 10.1. The van der Waals surface area contributed by atoms with Gasteiger partial charge in [0, 0.05) is 23.1 Å². The molecule has 1 saturated carbocycles. The van der Waals surface area contributed by atoms with Gasteiger partial charge in [-0.15, -0.1) is 0 Å². The van der Waals surface area contributed by atoms with Gasteiger partial charge in [0.2, 0.25) is 0 Å². The highest BCUT2D eigenvalue weighted by Crippen LogP contribution is 2.52. The summed E-state index contributed by atoms with van der Waals surface area (Å²) in [5.41, 5.74) is 0.767. The van der Waals surface area contributed by atoms with Crippen LogP contribution in [0.4, 0.5) is 0 Å². The van der Waals surface area contributed by atoms with Gasteiger partial charge in [0.25, 0.3) is 0 Å². The molecule has 0 saturated heterocycles. The van der Waals surface area contributed by atoms with E-state index < -0.39 is 11.4 Å². The standard InChI is InChI=1S/C16H19ClO4/c1-2-10-13(16(15(18)19)5-3-6-16)11(17)9-12-14(10)21-8-4-7-20-12/h9H,2-8H2,1H3,(H,18,19). The average molecular weight is 311 g/mol. The van der Waals surface area contributed by atoms with Gasteiger partial charge in [0.15, 0.2) is 11.5 Å². The van der Waals surface area contributed by atoms with E-state index in [1.165, 1.54) is 0 Å². The van der Waals surface area contributed by atoms with Crippen LogP contribution in [0.25, 0.3) is 0 Å². The van der Waals surface area contributed by atoms with Crippen LogP contribution < -0.4 is 9.47 Å². The third-order valence-electron chi connectivity index (χ3n) is 4.54. The largest absolute Gasteiger partial charge is 0.489 e. The Morgan fingerprint density at radius 2 is 2.05 bits per heavy atom. The van der Waals surface area contributed by atoms with Crippen molar-refractivity contribution in [2.24, 2.45) is 0 Å². The summed E-state index contributed by atoms with van der Waals surface area (Å²) in [6.07, 6.45) is 3.68. The molecule has 0 aromatic heterocycles. The number of aliphatic carboxylic acids is 1. The second-order valence-corrected chi connectivity index (χ2v) is 6.09. The number of fused-ring (bicyclic) bond motifs is 1. The molecule has 1 aromatic carbocycles. The number of halogens is 1. The molecule has 114 valence electrons. The Labute approximate surface area is 129 Å². The fraction of sp³-hybridized carbons (Fsp3) is 0.562. The smallest absolute Gasteiger partial charge is 0.314 e. The summed E-state index contributed by atoms with van der Waals surface area (Å²) >= 11 is 6.44. The molecule has 1 aromatic rings. The van der Waals surface area contributed by atoms with E-state index in [4.69, 9.17) is 21.1 Å². The zero-order valence-corrected chi connectivity index (χ0v) is 12.8. The van der Waals surface area contributed by atoms with Crippen molar-refractivity contribution >= 4 is 17.6 Å². The molecule has 0 spiro atoms. The Morgan fingerprint density at radius 1 is 1.33 bits per heavy atom. The Morgan fingerprint density at radius 3 is 2.62 bits per heavy atom. The van der Waals surface area contributed by atoms with E-state index in [0.717, 1.165) is 24.0 Å². The molecule has 2 aliphatic rings. The number of hydrogen-bond donors (Lipinski definition) is 1. The van der Waals surface area contributed by atoms with Gasteiger partial charge in [0.05, 0.1) is 18.6 Å². The minimum Gasteiger partial charge on any atom is -0.489 e. The van der Waals surface area contributed by atoms with Gasteiger partial charge in [-0.2, -0.15) is 0 Å². The molecule has 0 unspecified atom stereocenters. The maximum absolute atomic E-state index is 11.8. The van der Waals surface area contributed by atoms with Crippen LogP contribution in [0.15, 0.2) is 6.07 Å². The van der Waals surface area contributed by atoms with E-state index in [-0.39, 0.29) is 0 Å². The SMILES string of the molecule is CCc1c2c(cc(Cl)c1C1(C(=O)O)CCC1)OCCCO2. The molecule has 0 amide bonds. The van der Waals surface area contributed by atoms with Gasteiger partial charge in [-0.1, -0.05) is 24.9 Å². The molecule has 4 nitrogen and oxygen atoms in total. The van der Waals surface area contributed by atoms with Crippen molar-refractivity contribution < 1.29 is 19.4 Å². The van der Waals surface area contributed by atoms with Gasteiger partial charge in [0.1, 0.15) is 0 Å². The summed E-state index contributed by atoms with van der Waals surface area (Å²) in [6.45, 7) is 3.18. The van der Waals surface area contributed by atoms with Crippen molar-refractivity contribution in [2.75, 3.05) is 13.2 Å².